The van der Waals surface area contributed by atoms with Crippen molar-refractivity contribution in [1.82, 2.24) is 5.32 Å². The number of rotatable bonds is 5. The van der Waals surface area contributed by atoms with Crippen LogP contribution >= 0.6 is 11.6 Å². The normalized spacial score (nSPS) is 11.5. The van der Waals surface area contributed by atoms with Crippen molar-refractivity contribution < 1.29 is 0 Å². The van der Waals surface area contributed by atoms with E-state index in [1.807, 2.05) is 24.3 Å². The van der Waals surface area contributed by atoms with Gasteiger partial charge in [0.15, 0.2) is 5.96 Å². The van der Waals surface area contributed by atoms with Gasteiger partial charge < -0.3 is 11.1 Å². The summed E-state index contributed by atoms with van der Waals surface area (Å²) >= 11 is 6.03. The van der Waals surface area contributed by atoms with Crippen LogP contribution in [0.25, 0.3) is 0 Å². The summed E-state index contributed by atoms with van der Waals surface area (Å²) in [6, 6.07) is 7.82. The van der Waals surface area contributed by atoms with Crippen molar-refractivity contribution in [3.63, 3.8) is 0 Å². The number of hydrogen-bond acceptors (Lipinski definition) is 1. The van der Waals surface area contributed by atoms with E-state index >= 15 is 0 Å². The molecule has 0 aliphatic heterocycles. The molecule has 3 N–H and O–H groups in total. The van der Waals surface area contributed by atoms with Gasteiger partial charge in [0.25, 0.3) is 0 Å². The van der Waals surface area contributed by atoms with Gasteiger partial charge in [-0.2, -0.15) is 0 Å². The maximum Gasteiger partial charge on any atom is 0.188 e. The van der Waals surface area contributed by atoms with E-state index in [0.29, 0.717) is 5.96 Å². The van der Waals surface area contributed by atoms with E-state index < -0.39 is 0 Å². The molecule has 0 fully saturated rings. The van der Waals surface area contributed by atoms with Gasteiger partial charge in [-0.25, -0.2) is 0 Å². The van der Waals surface area contributed by atoms with Crippen LogP contribution < -0.4 is 11.1 Å². The predicted octanol–water partition coefficient (Wildman–Crippen LogP) is 2.20. The molecule has 1 rings (SSSR count). The summed E-state index contributed by atoms with van der Waals surface area (Å²) in [4.78, 5) is 4.15. The third kappa shape index (κ3) is 4.53. The molecule has 0 radical (unpaired) electrons. The van der Waals surface area contributed by atoms with E-state index in [1.54, 1.807) is 0 Å². The monoisotopic (exact) mass is 239 g/mol. The zero-order chi connectivity index (χ0) is 11.8. The van der Waals surface area contributed by atoms with Gasteiger partial charge in [0.05, 0.1) is 0 Å². The van der Waals surface area contributed by atoms with Gasteiger partial charge in [-0.05, 0) is 24.5 Å². The minimum atomic E-state index is 0.508. The molecule has 0 saturated carbocycles. The highest BCUT2D eigenvalue weighted by atomic mass is 35.5. The Kier molecular flexibility index (Phi) is 5.72. The number of nitrogens with one attached hydrogen (secondary N) is 1. The molecule has 0 aliphatic carbocycles. The fraction of sp³-hybridized carbons (Fsp3) is 0.417. The number of guanidine groups is 1. The first-order chi connectivity index (χ1) is 7.74. The molecular formula is C12H18ClN3. The van der Waals surface area contributed by atoms with Gasteiger partial charge in [-0.3, -0.25) is 4.99 Å². The molecule has 88 valence electrons. The SMILES string of the molecule is CCCN=C(N)NCCc1ccccc1Cl. The van der Waals surface area contributed by atoms with Crippen LogP contribution in [0.5, 0.6) is 0 Å². The Morgan fingerprint density at radius 2 is 2.19 bits per heavy atom. The Balaban J connectivity index is 2.33. The summed E-state index contributed by atoms with van der Waals surface area (Å²) in [5.41, 5.74) is 6.79. The molecule has 0 aliphatic rings. The fourth-order valence-corrected chi connectivity index (χ4v) is 1.54. The maximum absolute atomic E-state index is 6.03. The van der Waals surface area contributed by atoms with Crippen LogP contribution in [-0.4, -0.2) is 19.0 Å². The lowest BCUT2D eigenvalue weighted by Crippen LogP contribution is -2.33. The lowest BCUT2D eigenvalue weighted by molar-refractivity contribution is 0.839. The molecule has 0 spiro atoms. The van der Waals surface area contributed by atoms with Crippen LogP contribution in [-0.2, 0) is 6.42 Å². The number of benzene rings is 1. The molecule has 0 saturated heterocycles. The molecule has 16 heavy (non-hydrogen) atoms. The number of aliphatic imine (C=N–C) groups is 1. The Labute approximate surface area is 102 Å². The molecule has 3 nitrogen and oxygen atoms in total. The second-order valence-electron chi connectivity index (χ2n) is 3.54. The lowest BCUT2D eigenvalue weighted by Gasteiger charge is -2.06. The average molecular weight is 240 g/mol. The highest BCUT2D eigenvalue weighted by Gasteiger charge is 1.98. The summed E-state index contributed by atoms with van der Waals surface area (Å²) < 4.78 is 0. The molecule has 1 aromatic carbocycles. The first kappa shape index (κ1) is 12.8. The first-order valence-corrected chi connectivity index (χ1v) is 5.89. The highest BCUT2D eigenvalue weighted by Crippen LogP contribution is 2.14. The quantitative estimate of drug-likeness (QED) is 0.611. The maximum atomic E-state index is 6.03. The Hall–Kier alpha value is -1.22. The van der Waals surface area contributed by atoms with Gasteiger partial charge in [-0.15, -0.1) is 0 Å². The summed E-state index contributed by atoms with van der Waals surface area (Å²) in [5, 5.41) is 3.86. The van der Waals surface area contributed by atoms with Gasteiger partial charge in [-0.1, -0.05) is 36.7 Å². The van der Waals surface area contributed by atoms with E-state index in [4.69, 9.17) is 17.3 Å². The van der Waals surface area contributed by atoms with Crippen molar-refractivity contribution in [2.24, 2.45) is 10.7 Å². The molecule has 0 amide bonds. The number of nitrogens with two attached hydrogens (primary N) is 1. The van der Waals surface area contributed by atoms with E-state index in [-0.39, 0.29) is 0 Å². The highest BCUT2D eigenvalue weighted by molar-refractivity contribution is 6.31. The molecule has 1 aromatic rings. The summed E-state index contributed by atoms with van der Waals surface area (Å²) in [5.74, 6) is 0.508. The third-order valence-electron chi connectivity index (χ3n) is 2.16. The van der Waals surface area contributed by atoms with Crippen LogP contribution in [0.4, 0.5) is 0 Å². The van der Waals surface area contributed by atoms with Crippen molar-refractivity contribution >= 4 is 17.6 Å². The lowest BCUT2D eigenvalue weighted by atomic mass is 10.1. The Morgan fingerprint density at radius 3 is 2.88 bits per heavy atom. The van der Waals surface area contributed by atoms with Crippen molar-refractivity contribution in [2.45, 2.75) is 19.8 Å². The molecule has 0 atom stereocenters. The van der Waals surface area contributed by atoms with Crippen molar-refractivity contribution in [3.8, 4) is 0 Å². The van der Waals surface area contributed by atoms with Crippen LogP contribution in [0.3, 0.4) is 0 Å². The zero-order valence-corrected chi connectivity index (χ0v) is 10.3. The number of hydrogen-bond donors (Lipinski definition) is 2. The zero-order valence-electron chi connectivity index (χ0n) is 9.54. The van der Waals surface area contributed by atoms with Crippen LogP contribution in [0.15, 0.2) is 29.3 Å². The molecule has 0 heterocycles. The van der Waals surface area contributed by atoms with Crippen molar-refractivity contribution in [3.05, 3.63) is 34.9 Å². The second-order valence-corrected chi connectivity index (χ2v) is 3.94. The standard InChI is InChI=1S/C12H18ClN3/c1-2-8-15-12(14)16-9-7-10-5-3-4-6-11(10)13/h3-6H,2,7-9H2,1H3,(H3,14,15,16). The summed E-state index contributed by atoms with van der Waals surface area (Å²) in [6.07, 6.45) is 1.86. The van der Waals surface area contributed by atoms with E-state index in [2.05, 4.69) is 17.2 Å². The van der Waals surface area contributed by atoms with Gasteiger partial charge >= 0.3 is 0 Å². The Bertz CT molecular complexity index is 350. The van der Waals surface area contributed by atoms with Gasteiger partial charge in [0.1, 0.15) is 0 Å². The van der Waals surface area contributed by atoms with E-state index in [9.17, 15) is 0 Å². The molecule has 0 unspecified atom stereocenters. The number of nitrogens with zero attached hydrogens (tertiary/aromatic N) is 1. The molecule has 0 bridgehead atoms. The van der Waals surface area contributed by atoms with Crippen LogP contribution in [0.1, 0.15) is 18.9 Å². The predicted molar refractivity (Wildman–Crippen MR) is 69.9 cm³/mol. The smallest absolute Gasteiger partial charge is 0.188 e. The minimum Gasteiger partial charge on any atom is -0.370 e. The topological polar surface area (TPSA) is 50.4 Å². The van der Waals surface area contributed by atoms with Gasteiger partial charge in [0, 0.05) is 18.1 Å². The Morgan fingerprint density at radius 1 is 1.44 bits per heavy atom. The fourth-order valence-electron chi connectivity index (χ4n) is 1.31. The van der Waals surface area contributed by atoms with Crippen LogP contribution in [0.2, 0.25) is 5.02 Å². The first-order valence-electron chi connectivity index (χ1n) is 5.51. The van der Waals surface area contributed by atoms with Crippen LogP contribution in [0, 0.1) is 0 Å². The van der Waals surface area contributed by atoms with Crippen molar-refractivity contribution in [1.29, 1.82) is 0 Å². The largest absolute Gasteiger partial charge is 0.370 e. The van der Waals surface area contributed by atoms with Gasteiger partial charge in [0.2, 0.25) is 0 Å². The number of halogens is 1. The summed E-state index contributed by atoms with van der Waals surface area (Å²) in [7, 11) is 0. The molecular weight excluding hydrogens is 222 g/mol. The minimum absolute atomic E-state index is 0.508. The van der Waals surface area contributed by atoms with E-state index in [0.717, 1.165) is 36.5 Å². The average Bonchev–Trinajstić information content (AvgIpc) is 2.29. The molecule has 4 heteroatoms. The van der Waals surface area contributed by atoms with E-state index in [1.165, 1.54) is 0 Å². The third-order valence-corrected chi connectivity index (χ3v) is 2.53. The molecule has 0 aromatic heterocycles. The summed E-state index contributed by atoms with van der Waals surface area (Å²) in [6.45, 7) is 3.59. The van der Waals surface area contributed by atoms with Crippen molar-refractivity contribution in [2.75, 3.05) is 13.1 Å². The second kappa shape index (κ2) is 7.12.